The summed E-state index contributed by atoms with van der Waals surface area (Å²) in [6, 6.07) is 17.9. The van der Waals surface area contributed by atoms with E-state index < -0.39 is 5.25 Å². The molecule has 2 aromatic carbocycles. The van der Waals surface area contributed by atoms with Crippen molar-refractivity contribution in [1.82, 2.24) is 5.32 Å². The maximum Gasteiger partial charge on any atom is 0.233 e. The van der Waals surface area contributed by atoms with Crippen LogP contribution in [0.2, 0.25) is 0 Å². The van der Waals surface area contributed by atoms with Gasteiger partial charge < -0.3 is 10.1 Å². The molecule has 0 aromatic heterocycles. The summed E-state index contributed by atoms with van der Waals surface area (Å²) in [5.41, 5.74) is 2.95. The highest BCUT2D eigenvalue weighted by molar-refractivity contribution is 8.13. The molecule has 5 heteroatoms. The molecule has 0 fully saturated rings. The third-order valence-electron chi connectivity index (χ3n) is 3.97. The zero-order valence-electron chi connectivity index (χ0n) is 14.5. The van der Waals surface area contributed by atoms with Crippen molar-refractivity contribution in [3.8, 4) is 5.75 Å². The summed E-state index contributed by atoms with van der Waals surface area (Å²) >= 11 is 0.996. The third-order valence-corrected chi connectivity index (χ3v) is 4.79. The zero-order valence-corrected chi connectivity index (χ0v) is 15.3. The number of carbonyl (C=O) groups excluding carboxylic acids is 2. The Balaban J connectivity index is 1.90. The Morgan fingerprint density at radius 1 is 1.16 bits per heavy atom. The van der Waals surface area contributed by atoms with Crippen LogP contribution in [-0.2, 0) is 16.0 Å². The number of hydrogen-bond donors (Lipinski definition) is 1. The van der Waals surface area contributed by atoms with E-state index in [2.05, 4.69) is 24.4 Å². The third kappa shape index (κ3) is 5.94. The average molecular weight is 357 g/mol. The number of carbonyl (C=O) groups is 2. The molecule has 0 heterocycles. The molecule has 0 bridgehead atoms. The van der Waals surface area contributed by atoms with Crippen LogP contribution in [0, 0.1) is 0 Å². The molecule has 2 aromatic rings. The van der Waals surface area contributed by atoms with Crippen molar-refractivity contribution in [3.63, 3.8) is 0 Å². The van der Waals surface area contributed by atoms with Gasteiger partial charge in [-0.15, -0.1) is 0 Å². The second kappa shape index (κ2) is 9.89. The zero-order chi connectivity index (χ0) is 18.1. The van der Waals surface area contributed by atoms with Gasteiger partial charge in [-0.2, -0.15) is 0 Å². The Bertz CT molecular complexity index is 673. The van der Waals surface area contributed by atoms with Crippen LogP contribution in [0.4, 0.5) is 0 Å². The standard InChI is InChI=1S/C20H23NO3S/c1-15(17-6-4-3-5-7-17)13-24-18-10-8-16(9-11-18)12-19(25-14-22)20(23)21-2/h3-11,14-15,19H,12-13H2,1-2H3,(H,21,23). The largest absolute Gasteiger partial charge is 0.493 e. The van der Waals surface area contributed by atoms with E-state index in [1.807, 2.05) is 42.5 Å². The fourth-order valence-electron chi connectivity index (χ4n) is 2.47. The lowest BCUT2D eigenvalue weighted by Gasteiger charge is -2.15. The number of benzene rings is 2. The minimum absolute atomic E-state index is 0.144. The van der Waals surface area contributed by atoms with Crippen LogP contribution < -0.4 is 10.1 Å². The van der Waals surface area contributed by atoms with Crippen molar-refractivity contribution in [1.29, 1.82) is 0 Å². The van der Waals surface area contributed by atoms with Crippen molar-refractivity contribution in [2.75, 3.05) is 13.7 Å². The molecule has 0 spiro atoms. The van der Waals surface area contributed by atoms with Gasteiger partial charge in [-0.25, -0.2) is 0 Å². The summed E-state index contributed by atoms with van der Waals surface area (Å²) in [6.07, 6.45) is 0.504. The van der Waals surface area contributed by atoms with E-state index in [0.29, 0.717) is 24.6 Å². The van der Waals surface area contributed by atoms with Gasteiger partial charge in [0.2, 0.25) is 5.91 Å². The van der Waals surface area contributed by atoms with Crippen molar-refractivity contribution < 1.29 is 14.3 Å². The summed E-state index contributed by atoms with van der Waals surface area (Å²) < 4.78 is 5.86. The predicted molar refractivity (Wildman–Crippen MR) is 103 cm³/mol. The monoisotopic (exact) mass is 357 g/mol. The Hall–Kier alpha value is -2.27. The van der Waals surface area contributed by atoms with Gasteiger partial charge in [-0.3, -0.25) is 9.59 Å². The molecule has 25 heavy (non-hydrogen) atoms. The van der Waals surface area contributed by atoms with E-state index in [4.69, 9.17) is 4.74 Å². The highest BCUT2D eigenvalue weighted by atomic mass is 32.2. The number of rotatable bonds is 9. The van der Waals surface area contributed by atoms with Gasteiger partial charge in [0.05, 0.1) is 11.9 Å². The van der Waals surface area contributed by atoms with Crippen molar-refractivity contribution in [3.05, 3.63) is 65.7 Å². The molecule has 2 unspecified atom stereocenters. The maximum atomic E-state index is 11.8. The van der Waals surface area contributed by atoms with Gasteiger partial charge in [-0.1, -0.05) is 61.2 Å². The van der Waals surface area contributed by atoms with E-state index in [0.717, 1.165) is 23.1 Å². The maximum absolute atomic E-state index is 11.8. The molecule has 1 N–H and O–H groups in total. The van der Waals surface area contributed by atoms with Gasteiger partial charge in [0.25, 0.3) is 0 Å². The predicted octanol–water partition coefficient (Wildman–Crippen LogP) is 3.45. The van der Waals surface area contributed by atoms with Crippen molar-refractivity contribution in [2.24, 2.45) is 0 Å². The summed E-state index contributed by atoms with van der Waals surface area (Å²) in [7, 11) is 1.57. The molecule has 0 saturated heterocycles. The Kier molecular flexibility index (Phi) is 7.54. The lowest BCUT2D eigenvalue weighted by Crippen LogP contribution is -2.31. The van der Waals surface area contributed by atoms with E-state index in [1.54, 1.807) is 7.05 Å². The molecule has 0 aliphatic rings. The smallest absolute Gasteiger partial charge is 0.233 e. The van der Waals surface area contributed by atoms with Crippen LogP contribution >= 0.6 is 11.8 Å². The lowest BCUT2D eigenvalue weighted by molar-refractivity contribution is -0.120. The highest BCUT2D eigenvalue weighted by Crippen LogP contribution is 2.20. The molecular weight excluding hydrogens is 334 g/mol. The summed E-state index contributed by atoms with van der Waals surface area (Å²) in [5, 5.41) is 2.18. The first kappa shape index (κ1) is 19.1. The molecular formula is C20H23NO3S. The molecule has 0 aliphatic carbocycles. The minimum atomic E-state index is -0.410. The average Bonchev–Trinajstić information content (AvgIpc) is 2.66. The van der Waals surface area contributed by atoms with E-state index in [-0.39, 0.29) is 5.91 Å². The molecule has 1 amide bonds. The summed E-state index contributed by atoms with van der Waals surface area (Å²) in [5.74, 6) is 0.961. The molecule has 4 nitrogen and oxygen atoms in total. The lowest BCUT2D eigenvalue weighted by atomic mass is 10.0. The second-order valence-corrected chi connectivity index (χ2v) is 6.84. The van der Waals surface area contributed by atoms with Crippen molar-refractivity contribution in [2.45, 2.75) is 24.5 Å². The van der Waals surface area contributed by atoms with Crippen LogP contribution in [0.5, 0.6) is 5.75 Å². The number of ether oxygens (including phenoxy) is 1. The second-order valence-electron chi connectivity index (χ2n) is 5.81. The van der Waals surface area contributed by atoms with Crippen LogP contribution in [0.3, 0.4) is 0 Å². The van der Waals surface area contributed by atoms with Crippen LogP contribution in [0.25, 0.3) is 0 Å². The molecule has 0 aliphatic heterocycles. The Morgan fingerprint density at radius 2 is 1.84 bits per heavy atom. The van der Waals surface area contributed by atoms with Crippen LogP contribution in [0.1, 0.15) is 24.0 Å². The van der Waals surface area contributed by atoms with E-state index in [1.165, 1.54) is 5.56 Å². The van der Waals surface area contributed by atoms with Gasteiger partial charge in [0, 0.05) is 13.0 Å². The first-order valence-corrected chi connectivity index (χ1v) is 9.15. The first-order chi connectivity index (χ1) is 12.1. The molecule has 132 valence electrons. The number of hydrogen-bond acceptors (Lipinski definition) is 4. The van der Waals surface area contributed by atoms with Gasteiger partial charge in [-0.05, 0) is 29.7 Å². The van der Waals surface area contributed by atoms with Crippen LogP contribution in [0.15, 0.2) is 54.6 Å². The molecule has 2 rings (SSSR count). The molecule has 2 atom stereocenters. The molecule has 0 saturated carbocycles. The highest BCUT2D eigenvalue weighted by Gasteiger charge is 2.18. The van der Waals surface area contributed by atoms with Crippen molar-refractivity contribution >= 4 is 23.3 Å². The molecule has 0 radical (unpaired) electrons. The Morgan fingerprint density at radius 3 is 2.44 bits per heavy atom. The van der Waals surface area contributed by atoms with Gasteiger partial charge >= 0.3 is 0 Å². The quantitative estimate of drug-likeness (QED) is 0.699. The summed E-state index contributed by atoms with van der Waals surface area (Å²) in [4.78, 5) is 22.5. The SMILES string of the molecule is CNC(=O)C(Cc1ccc(OCC(C)c2ccccc2)cc1)SC=O. The van der Waals surface area contributed by atoms with Gasteiger partial charge in [0.1, 0.15) is 5.75 Å². The minimum Gasteiger partial charge on any atom is -0.493 e. The number of thioether (sulfide) groups is 1. The van der Waals surface area contributed by atoms with E-state index in [9.17, 15) is 9.59 Å². The topological polar surface area (TPSA) is 55.4 Å². The fourth-order valence-corrected chi connectivity index (χ4v) is 3.13. The Labute approximate surface area is 153 Å². The fraction of sp³-hybridized carbons (Fsp3) is 0.300. The number of amides is 1. The normalized spacial score (nSPS) is 12.9. The van der Waals surface area contributed by atoms with Gasteiger partial charge in [0.15, 0.2) is 5.62 Å². The summed E-state index contributed by atoms with van der Waals surface area (Å²) in [6.45, 7) is 2.74. The van der Waals surface area contributed by atoms with E-state index >= 15 is 0 Å². The van der Waals surface area contributed by atoms with Crippen LogP contribution in [-0.4, -0.2) is 30.4 Å². The first-order valence-electron chi connectivity index (χ1n) is 8.21. The number of nitrogens with one attached hydrogen (secondary N) is 1.